The minimum Gasteiger partial charge on any atom is -0.634 e. The molecule has 0 radical (unpaired) electrons. The number of hydrogen-bond acceptors (Lipinski definition) is 5. The Morgan fingerprint density at radius 1 is 1.08 bits per heavy atom. The minimum absolute atomic E-state index is 0.00169. The molecule has 0 saturated carbocycles. The Balaban J connectivity index is 1.67. The number of methoxy groups -OCH3 is 1. The molecule has 0 atom stereocenters. The molecule has 2 heterocycles. The number of carbonyl (C=O) groups excluding carboxylic acids is 2. The molecule has 2 aromatic carbocycles. The molecule has 0 spiro atoms. The van der Waals surface area contributed by atoms with E-state index in [1.807, 2.05) is 46.8 Å². The number of ether oxygens (including phenoxy) is 2. The van der Waals surface area contributed by atoms with E-state index < -0.39 is 11.1 Å². The van der Waals surface area contributed by atoms with Crippen molar-refractivity contribution in [1.29, 1.82) is 0 Å². The lowest BCUT2D eigenvalue weighted by molar-refractivity contribution is -0.956. The average molecular weight is 513 g/mol. The number of fused-ring (bicyclic) bond motifs is 1. The fourth-order valence-electron chi connectivity index (χ4n) is 5.56. The van der Waals surface area contributed by atoms with Gasteiger partial charge >= 0.3 is 5.97 Å². The summed E-state index contributed by atoms with van der Waals surface area (Å²) in [6.45, 7) is 9.45. The van der Waals surface area contributed by atoms with Gasteiger partial charge in [-0.05, 0) is 82.6 Å². The highest BCUT2D eigenvalue weighted by atomic mass is 35.5. The summed E-state index contributed by atoms with van der Waals surface area (Å²) in [5, 5.41) is 14.2. The lowest BCUT2D eigenvalue weighted by Gasteiger charge is -2.54. The monoisotopic (exact) mass is 512 g/mol. The second-order valence-corrected chi connectivity index (χ2v) is 11.3. The average Bonchev–Trinajstić information content (AvgIpc) is 3.07. The van der Waals surface area contributed by atoms with Gasteiger partial charge in [-0.1, -0.05) is 11.6 Å². The first kappa shape index (κ1) is 26.2. The molecular formula is C28H33ClN2O5. The van der Waals surface area contributed by atoms with Gasteiger partial charge in [0.05, 0.1) is 30.1 Å². The Morgan fingerprint density at radius 3 is 2.28 bits per heavy atom. The van der Waals surface area contributed by atoms with E-state index in [1.165, 1.54) is 0 Å². The molecule has 0 aliphatic carbocycles. The Bertz CT molecular complexity index is 1290. The Labute approximate surface area is 216 Å². The van der Waals surface area contributed by atoms with Crippen LogP contribution in [0.2, 0.25) is 5.02 Å². The fraction of sp³-hybridized carbons (Fsp3) is 0.429. The molecule has 1 aliphatic rings. The summed E-state index contributed by atoms with van der Waals surface area (Å²) in [5.74, 6) is 0.0283. The molecular weight excluding hydrogens is 480 g/mol. The SMILES string of the molecule is COc1ccc2c(c1)c(CC(=O)OC1CC(C)(C)[NH+]([O-])C(C)(C)C1)c(C)n2C(=O)c1ccc(Cl)cc1. The summed E-state index contributed by atoms with van der Waals surface area (Å²) < 4.78 is 12.9. The number of esters is 1. The maximum absolute atomic E-state index is 13.5. The smallest absolute Gasteiger partial charge is 0.310 e. The molecule has 0 bridgehead atoms. The Hall–Kier alpha value is -2.87. The predicted molar refractivity (Wildman–Crippen MR) is 140 cm³/mol. The summed E-state index contributed by atoms with van der Waals surface area (Å²) >= 11 is 6.00. The van der Waals surface area contributed by atoms with Crippen molar-refractivity contribution in [3.63, 3.8) is 0 Å². The zero-order valence-electron chi connectivity index (χ0n) is 21.6. The van der Waals surface area contributed by atoms with Gasteiger partial charge in [-0.2, -0.15) is 0 Å². The molecule has 1 fully saturated rings. The van der Waals surface area contributed by atoms with Crippen LogP contribution in [0, 0.1) is 12.1 Å². The van der Waals surface area contributed by atoms with Gasteiger partial charge in [0.1, 0.15) is 11.9 Å². The second kappa shape index (κ2) is 9.54. The third-order valence-corrected chi connectivity index (χ3v) is 7.41. The van der Waals surface area contributed by atoms with E-state index in [1.54, 1.807) is 42.0 Å². The van der Waals surface area contributed by atoms with E-state index >= 15 is 0 Å². The van der Waals surface area contributed by atoms with Crippen LogP contribution < -0.4 is 9.80 Å². The number of halogens is 1. The molecule has 0 amide bonds. The van der Waals surface area contributed by atoms with Crippen LogP contribution >= 0.6 is 11.6 Å². The van der Waals surface area contributed by atoms with Crippen LogP contribution in [0.3, 0.4) is 0 Å². The molecule has 192 valence electrons. The van der Waals surface area contributed by atoms with Gasteiger partial charge in [-0.15, -0.1) is 0 Å². The van der Waals surface area contributed by atoms with Crippen molar-refractivity contribution in [1.82, 2.24) is 4.57 Å². The quantitative estimate of drug-likeness (QED) is 0.402. The molecule has 0 unspecified atom stereocenters. The first-order valence-electron chi connectivity index (χ1n) is 12.1. The van der Waals surface area contributed by atoms with Crippen molar-refractivity contribution in [2.45, 2.75) is 71.1 Å². The lowest BCUT2D eigenvalue weighted by atomic mass is 9.80. The summed E-state index contributed by atoms with van der Waals surface area (Å²) in [4.78, 5) is 26.7. The van der Waals surface area contributed by atoms with Gasteiger partial charge in [-0.25, -0.2) is 0 Å². The van der Waals surface area contributed by atoms with E-state index in [-0.39, 0.29) is 29.5 Å². The zero-order chi connectivity index (χ0) is 26.4. The van der Waals surface area contributed by atoms with Gasteiger partial charge in [0, 0.05) is 34.5 Å². The summed E-state index contributed by atoms with van der Waals surface area (Å²) in [6, 6.07) is 12.2. The molecule has 1 aliphatic heterocycles. The third-order valence-electron chi connectivity index (χ3n) is 7.16. The van der Waals surface area contributed by atoms with Gasteiger partial charge in [0.2, 0.25) is 0 Å². The zero-order valence-corrected chi connectivity index (χ0v) is 22.4. The van der Waals surface area contributed by atoms with Crippen LogP contribution in [0.15, 0.2) is 42.5 Å². The van der Waals surface area contributed by atoms with Crippen LogP contribution in [0.1, 0.15) is 62.2 Å². The van der Waals surface area contributed by atoms with Gasteiger partial charge in [-0.3, -0.25) is 14.2 Å². The maximum Gasteiger partial charge on any atom is 0.310 e. The number of benzene rings is 2. The number of nitrogens with zero attached hydrogens (tertiary/aromatic N) is 1. The molecule has 1 aromatic heterocycles. The first-order valence-corrected chi connectivity index (χ1v) is 12.4. The molecule has 4 rings (SSSR count). The normalized spacial score (nSPS) is 20.8. The summed E-state index contributed by atoms with van der Waals surface area (Å²) in [6.07, 6.45) is 0.635. The number of piperidine rings is 1. The van der Waals surface area contributed by atoms with Crippen LogP contribution in [-0.4, -0.2) is 40.7 Å². The highest BCUT2D eigenvalue weighted by molar-refractivity contribution is 6.30. The predicted octanol–water partition coefficient (Wildman–Crippen LogP) is 4.49. The fourth-order valence-corrected chi connectivity index (χ4v) is 5.69. The number of quaternary nitrogens is 1. The standard InChI is InChI=1S/C28H33ClN2O5/c1-17-22(14-25(32)36-21-15-27(2,3)31(34)28(4,5)16-21)23-13-20(35-6)11-12-24(23)30(17)26(33)18-7-9-19(29)10-8-18/h7-13,21,31H,14-16H2,1-6H3. The highest BCUT2D eigenvalue weighted by Crippen LogP contribution is 2.32. The van der Waals surface area contributed by atoms with Crippen LogP contribution in [-0.2, 0) is 16.0 Å². The number of carbonyl (C=O) groups is 2. The summed E-state index contributed by atoms with van der Waals surface area (Å²) in [7, 11) is 1.58. The lowest BCUT2D eigenvalue weighted by Crippen LogP contribution is -3.23. The number of rotatable bonds is 5. The van der Waals surface area contributed by atoms with Crippen LogP contribution in [0.5, 0.6) is 5.75 Å². The van der Waals surface area contributed by atoms with Crippen molar-refractivity contribution < 1.29 is 24.1 Å². The van der Waals surface area contributed by atoms with Crippen molar-refractivity contribution in [3.05, 3.63) is 69.5 Å². The first-order chi connectivity index (χ1) is 16.8. The highest BCUT2D eigenvalue weighted by Gasteiger charge is 2.46. The van der Waals surface area contributed by atoms with E-state index in [4.69, 9.17) is 21.1 Å². The van der Waals surface area contributed by atoms with Gasteiger partial charge < -0.3 is 19.7 Å². The van der Waals surface area contributed by atoms with Crippen molar-refractivity contribution in [2.75, 3.05) is 7.11 Å². The van der Waals surface area contributed by atoms with Crippen LogP contribution in [0.4, 0.5) is 0 Å². The maximum atomic E-state index is 13.5. The van der Waals surface area contributed by atoms with Crippen molar-refractivity contribution in [3.8, 4) is 5.75 Å². The molecule has 1 N–H and O–H groups in total. The van der Waals surface area contributed by atoms with E-state index in [9.17, 15) is 14.8 Å². The second-order valence-electron chi connectivity index (χ2n) is 10.9. The number of hydroxylamine groups is 2. The van der Waals surface area contributed by atoms with Crippen molar-refractivity contribution in [2.24, 2.45) is 0 Å². The van der Waals surface area contributed by atoms with Crippen molar-refractivity contribution >= 4 is 34.4 Å². The number of aromatic nitrogens is 1. The molecule has 1 saturated heterocycles. The minimum atomic E-state index is -0.559. The molecule has 8 heteroatoms. The Morgan fingerprint density at radius 2 is 1.69 bits per heavy atom. The number of hydrogen-bond donors (Lipinski definition) is 1. The largest absolute Gasteiger partial charge is 0.634 e. The summed E-state index contributed by atoms with van der Waals surface area (Å²) in [5.41, 5.74) is 1.42. The number of nitrogens with one attached hydrogen (secondary N) is 1. The van der Waals surface area contributed by atoms with Crippen LogP contribution in [0.25, 0.3) is 10.9 Å². The molecule has 7 nitrogen and oxygen atoms in total. The topological polar surface area (TPSA) is 85.0 Å². The van der Waals surface area contributed by atoms with Gasteiger partial charge in [0.15, 0.2) is 0 Å². The van der Waals surface area contributed by atoms with E-state index in [2.05, 4.69) is 0 Å². The molecule has 36 heavy (non-hydrogen) atoms. The Kier molecular flexibility index (Phi) is 6.94. The third kappa shape index (κ3) is 4.88. The van der Waals surface area contributed by atoms with E-state index in [0.29, 0.717) is 46.0 Å². The molecule has 3 aromatic rings. The van der Waals surface area contributed by atoms with E-state index in [0.717, 1.165) is 5.39 Å². The van der Waals surface area contributed by atoms with Gasteiger partial charge in [0.25, 0.3) is 5.91 Å².